The minimum Gasteiger partial charge on any atom is -0.308 e. The van der Waals surface area contributed by atoms with Crippen molar-refractivity contribution >= 4 is 43.5 Å². The number of hydrogen-bond acceptors (Lipinski definition) is 2. The summed E-state index contributed by atoms with van der Waals surface area (Å²) in [6.07, 6.45) is 1.82. The first-order chi connectivity index (χ1) is 9.08. The zero-order chi connectivity index (χ0) is 14.0. The molecule has 0 aliphatic heterocycles. The quantitative estimate of drug-likeness (QED) is 0.815. The maximum Gasteiger partial charge on any atom is 0.0757 e. The van der Waals surface area contributed by atoms with E-state index in [9.17, 15) is 0 Å². The van der Waals surface area contributed by atoms with Gasteiger partial charge in [-0.3, -0.25) is 4.68 Å². The van der Waals surface area contributed by atoms with Gasteiger partial charge in [-0.15, -0.1) is 0 Å². The van der Waals surface area contributed by atoms with Gasteiger partial charge in [0.15, 0.2) is 0 Å². The summed E-state index contributed by atoms with van der Waals surface area (Å²) in [5, 5.41) is 8.38. The Bertz CT molecular complexity index is 583. The molecule has 1 N–H and O–H groups in total. The van der Waals surface area contributed by atoms with E-state index in [4.69, 9.17) is 11.6 Å². The second-order valence-electron chi connectivity index (χ2n) is 4.09. The summed E-state index contributed by atoms with van der Waals surface area (Å²) < 4.78 is 3.87. The number of hydrogen-bond donors (Lipinski definition) is 1. The molecule has 3 nitrogen and oxygen atoms in total. The molecule has 1 unspecified atom stereocenters. The second kappa shape index (κ2) is 6.39. The molecule has 0 saturated carbocycles. The molecule has 0 spiro atoms. The first-order valence-electron chi connectivity index (χ1n) is 5.91. The van der Waals surface area contributed by atoms with E-state index >= 15 is 0 Å². The smallest absolute Gasteiger partial charge is 0.0757 e. The molecule has 0 aliphatic carbocycles. The lowest BCUT2D eigenvalue weighted by Gasteiger charge is -2.19. The Morgan fingerprint density at radius 2 is 2.11 bits per heavy atom. The lowest BCUT2D eigenvalue weighted by Crippen LogP contribution is -2.21. The van der Waals surface area contributed by atoms with Gasteiger partial charge in [-0.05, 0) is 63.5 Å². The van der Waals surface area contributed by atoms with Crippen molar-refractivity contribution in [3.8, 4) is 0 Å². The fourth-order valence-electron chi connectivity index (χ4n) is 2.06. The van der Waals surface area contributed by atoms with Crippen molar-refractivity contribution in [3.05, 3.63) is 49.6 Å². The monoisotopic (exact) mass is 405 g/mol. The predicted molar refractivity (Wildman–Crippen MR) is 85.7 cm³/mol. The maximum absolute atomic E-state index is 6.18. The molecule has 0 amide bonds. The summed E-state index contributed by atoms with van der Waals surface area (Å²) >= 11 is 13.2. The molecule has 1 atom stereocenters. The molecule has 19 heavy (non-hydrogen) atoms. The van der Waals surface area contributed by atoms with E-state index in [2.05, 4.69) is 55.3 Å². The average molecular weight is 408 g/mol. The van der Waals surface area contributed by atoms with Crippen LogP contribution in [0.5, 0.6) is 0 Å². The second-order valence-corrected chi connectivity index (χ2v) is 6.20. The van der Waals surface area contributed by atoms with Gasteiger partial charge in [-0.1, -0.05) is 17.7 Å². The van der Waals surface area contributed by atoms with Gasteiger partial charge in [-0.25, -0.2) is 0 Å². The average Bonchev–Trinajstić information content (AvgIpc) is 2.76. The molecule has 0 fully saturated rings. The van der Waals surface area contributed by atoms with Crippen LogP contribution in [0, 0.1) is 0 Å². The minimum atomic E-state index is 0.0439. The summed E-state index contributed by atoms with van der Waals surface area (Å²) in [6, 6.07) is 6.02. The number of benzene rings is 1. The number of aryl methyl sites for hydroxylation is 1. The van der Waals surface area contributed by atoms with Crippen LogP contribution in [-0.4, -0.2) is 16.8 Å². The SMILES string of the molecule is CCn1ncc(Br)c1C(NC)c1ccc(Br)c(Cl)c1. The van der Waals surface area contributed by atoms with Crippen molar-refractivity contribution in [1.29, 1.82) is 0 Å². The van der Waals surface area contributed by atoms with E-state index < -0.39 is 0 Å². The highest BCUT2D eigenvalue weighted by Crippen LogP contribution is 2.32. The summed E-state index contributed by atoms with van der Waals surface area (Å²) in [4.78, 5) is 0. The Labute approximate surface area is 134 Å². The van der Waals surface area contributed by atoms with Crippen molar-refractivity contribution in [1.82, 2.24) is 15.1 Å². The zero-order valence-electron chi connectivity index (χ0n) is 10.6. The van der Waals surface area contributed by atoms with Crippen molar-refractivity contribution < 1.29 is 0 Å². The van der Waals surface area contributed by atoms with Gasteiger partial charge in [0.05, 0.1) is 27.4 Å². The van der Waals surface area contributed by atoms with Crippen molar-refractivity contribution in [3.63, 3.8) is 0 Å². The third-order valence-electron chi connectivity index (χ3n) is 2.97. The van der Waals surface area contributed by atoms with Crippen molar-refractivity contribution in [2.45, 2.75) is 19.5 Å². The van der Waals surface area contributed by atoms with Crippen LogP contribution in [0.2, 0.25) is 5.02 Å². The van der Waals surface area contributed by atoms with Crippen LogP contribution in [0.4, 0.5) is 0 Å². The molecule has 2 aromatic rings. The molecule has 0 aliphatic rings. The standard InChI is InChI=1S/C13H14Br2ClN3/c1-3-19-13(10(15)7-18-19)12(17-2)8-4-5-9(14)11(16)6-8/h4-7,12,17H,3H2,1-2H3. The van der Waals surface area contributed by atoms with Gasteiger partial charge in [-0.2, -0.15) is 5.10 Å². The number of aromatic nitrogens is 2. The fourth-order valence-corrected chi connectivity index (χ4v) is 3.02. The summed E-state index contributed by atoms with van der Waals surface area (Å²) in [5.41, 5.74) is 2.20. The summed E-state index contributed by atoms with van der Waals surface area (Å²) in [6.45, 7) is 2.90. The lowest BCUT2D eigenvalue weighted by atomic mass is 10.0. The summed E-state index contributed by atoms with van der Waals surface area (Å²) in [5.74, 6) is 0. The Morgan fingerprint density at radius 3 is 2.68 bits per heavy atom. The maximum atomic E-state index is 6.18. The van der Waals surface area contributed by atoms with Crippen LogP contribution >= 0.6 is 43.5 Å². The molecule has 1 aromatic heterocycles. The van der Waals surface area contributed by atoms with Crippen LogP contribution in [0.1, 0.15) is 24.2 Å². The first kappa shape index (κ1) is 15.0. The van der Waals surface area contributed by atoms with Gasteiger partial charge in [0.1, 0.15) is 0 Å². The van der Waals surface area contributed by atoms with E-state index in [1.165, 1.54) is 0 Å². The van der Waals surface area contributed by atoms with E-state index in [0.29, 0.717) is 5.02 Å². The Morgan fingerprint density at radius 1 is 1.37 bits per heavy atom. The molecular formula is C13H14Br2ClN3. The number of nitrogens with one attached hydrogen (secondary N) is 1. The highest BCUT2D eigenvalue weighted by atomic mass is 79.9. The number of rotatable bonds is 4. The molecule has 1 aromatic carbocycles. The molecule has 0 bridgehead atoms. The summed E-state index contributed by atoms with van der Waals surface area (Å²) in [7, 11) is 1.93. The molecule has 102 valence electrons. The van der Waals surface area contributed by atoms with Gasteiger partial charge >= 0.3 is 0 Å². The minimum absolute atomic E-state index is 0.0439. The molecule has 1 heterocycles. The number of nitrogens with zero attached hydrogens (tertiary/aromatic N) is 2. The fraction of sp³-hybridized carbons (Fsp3) is 0.308. The van der Waals surface area contributed by atoms with E-state index in [-0.39, 0.29) is 6.04 Å². The van der Waals surface area contributed by atoms with Crippen molar-refractivity contribution in [2.24, 2.45) is 0 Å². The topological polar surface area (TPSA) is 29.9 Å². The normalized spacial score (nSPS) is 12.7. The highest BCUT2D eigenvalue weighted by Gasteiger charge is 2.20. The van der Waals surface area contributed by atoms with Crippen LogP contribution in [-0.2, 0) is 6.54 Å². The molecule has 6 heteroatoms. The molecular weight excluding hydrogens is 393 g/mol. The van der Waals surface area contributed by atoms with Crippen LogP contribution < -0.4 is 5.32 Å². The Hall–Kier alpha value is -0.360. The van der Waals surface area contributed by atoms with Gasteiger partial charge in [0, 0.05) is 11.0 Å². The molecule has 0 radical (unpaired) electrons. The largest absolute Gasteiger partial charge is 0.308 e. The van der Waals surface area contributed by atoms with E-state index in [1.807, 2.05) is 30.1 Å². The van der Waals surface area contributed by atoms with E-state index in [0.717, 1.165) is 26.7 Å². The van der Waals surface area contributed by atoms with Gasteiger partial charge < -0.3 is 5.32 Å². The number of halogens is 3. The predicted octanol–water partition coefficient (Wildman–Crippen LogP) is 4.39. The first-order valence-corrected chi connectivity index (χ1v) is 7.88. The zero-order valence-corrected chi connectivity index (χ0v) is 14.6. The van der Waals surface area contributed by atoms with Gasteiger partial charge in [0.2, 0.25) is 0 Å². The lowest BCUT2D eigenvalue weighted by molar-refractivity contribution is 0.561. The Balaban J connectivity index is 2.49. The van der Waals surface area contributed by atoms with Gasteiger partial charge in [0.25, 0.3) is 0 Å². The van der Waals surface area contributed by atoms with Crippen LogP contribution in [0.3, 0.4) is 0 Å². The van der Waals surface area contributed by atoms with Crippen LogP contribution in [0.15, 0.2) is 33.3 Å². The van der Waals surface area contributed by atoms with Crippen LogP contribution in [0.25, 0.3) is 0 Å². The molecule has 0 saturated heterocycles. The third-order valence-corrected chi connectivity index (χ3v) is 4.82. The van der Waals surface area contributed by atoms with Crippen molar-refractivity contribution in [2.75, 3.05) is 7.05 Å². The third kappa shape index (κ3) is 3.05. The Kier molecular flexibility index (Phi) is 5.06. The van der Waals surface area contributed by atoms with E-state index in [1.54, 1.807) is 0 Å². The molecule has 2 rings (SSSR count). The highest BCUT2D eigenvalue weighted by molar-refractivity contribution is 9.10.